The van der Waals surface area contributed by atoms with Crippen molar-refractivity contribution in [2.75, 3.05) is 13.1 Å². The molecule has 0 radical (unpaired) electrons. The number of ether oxygens (including phenoxy) is 1. The van der Waals surface area contributed by atoms with Crippen LogP contribution in [0.25, 0.3) is 0 Å². The summed E-state index contributed by atoms with van der Waals surface area (Å²) in [5.74, 6) is 0.282. The van der Waals surface area contributed by atoms with Gasteiger partial charge in [0.1, 0.15) is 11.4 Å². The fourth-order valence-electron chi connectivity index (χ4n) is 2.55. The third kappa shape index (κ3) is 2.88. The Labute approximate surface area is 113 Å². The van der Waals surface area contributed by atoms with E-state index >= 15 is 0 Å². The van der Waals surface area contributed by atoms with E-state index < -0.39 is 5.60 Å². The maximum Gasteiger partial charge on any atom is 0.410 e. The Bertz CT molecular complexity index is 429. The monoisotopic (exact) mass is 267 g/mol. The molecular weight excluding hydrogens is 246 g/mol. The van der Waals surface area contributed by atoms with Crippen molar-refractivity contribution in [1.82, 2.24) is 4.90 Å². The van der Waals surface area contributed by atoms with Gasteiger partial charge in [0.15, 0.2) is 0 Å². The summed E-state index contributed by atoms with van der Waals surface area (Å²) in [5, 5.41) is 0. The molecule has 1 saturated heterocycles. The average Bonchev–Trinajstić information content (AvgIpc) is 2.52. The minimum Gasteiger partial charge on any atom is -0.444 e. The zero-order chi connectivity index (χ0) is 14.3. The highest BCUT2D eigenvalue weighted by atomic mass is 16.6. The number of hydrogen-bond acceptors (Lipinski definition) is 4. The standard InChI is InChI=1S/C13H21N3O3/c1-12(2,3)19-11(18)16-6-4-13(5-7-16)8-9(17)15-10(13)14/h4-8H2,1-3H3,(H2,14,15,17). The first-order valence-electron chi connectivity index (χ1n) is 6.57. The predicted molar refractivity (Wildman–Crippen MR) is 70.7 cm³/mol. The van der Waals surface area contributed by atoms with E-state index in [1.54, 1.807) is 4.90 Å². The van der Waals surface area contributed by atoms with Gasteiger partial charge in [-0.1, -0.05) is 0 Å². The Hall–Kier alpha value is -1.59. The van der Waals surface area contributed by atoms with E-state index in [2.05, 4.69) is 4.99 Å². The number of nitrogens with zero attached hydrogens (tertiary/aromatic N) is 2. The summed E-state index contributed by atoms with van der Waals surface area (Å²) in [6.07, 6.45) is 1.42. The Balaban J connectivity index is 1.95. The quantitative estimate of drug-likeness (QED) is 0.716. The molecule has 2 amide bonds. The van der Waals surface area contributed by atoms with Crippen LogP contribution in [-0.4, -0.2) is 41.4 Å². The lowest BCUT2D eigenvalue weighted by atomic mass is 9.76. The second kappa shape index (κ2) is 4.51. The maximum atomic E-state index is 11.9. The second-order valence-electron chi connectivity index (χ2n) is 6.32. The van der Waals surface area contributed by atoms with Crippen molar-refractivity contribution in [3.05, 3.63) is 0 Å². The van der Waals surface area contributed by atoms with E-state index in [1.807, 2.05) is 20.8 Å². The first kappa shape index (κ1) is 13.8. The highest BCUT2D eigenvalue weighted by molar-refractivity contribution is 6.04. The molecular formula is C13H21N3O3. The summed E-state index contributed by atoms with van der Waals surface area (Å²) >= 11 is 0. The topological polar surface area (TPSA) is 85.0 Å². The minimum absolute atomic E-state index is 0.150. The number of carbonyl (C=O) groups excluding carboxylic acids is 2. The van der Waals surface area contributed by atoms with Crippen molar-refractivity contribution < 1.29 is 14.3 Å². The number of nitrogens with two attached hydrogens (primary N) is 1. The SMILES string of the molecule is CC(C)(C)OC(=O)N1CCC2(CC1)CC(=O)N=C2N. The third-order valence-corrected chi connectivity index (χ3v) is 3.65. The molecule has 2 rings (SSSR count). The lowest BCUT2D eigenvalue weighted by Gasteiger charge is -2.38. The fourth-order valence-corrected chi connectivity index (χ4v) is 2.55. The number of amidine groups is 1. The molecule has 0 aromatic heterocycles. The van der Waals surface area contributed by atoms with Gasteiger partial charge in [0.2, 0.25) is 5.91 Å². The summed E-state index contributed by atoms with van der Waals surface area (Å²) in [6, 6.07) is 0. The second-order valence-corrected chi connectivity index (χ2v) is 6.32. The summed E-state index contributed by atoms with van der Waals surface area (Å²) in [6.45, 7) is 6.64. The molecule has 0 atom stereocenters. The van der Waals surface area contributed by atoms with Crippen LogP contribution in [-0.2, 0) is 9.53 Å². The first-order chi connectivity index (χ1) is 8.72. The number of carbonyl (C=O) groups is 2. The summed E-state index contributed by atoms with van der Waals surface area (Å²) in [4.78, 5) is 28.8. The molecule has 0 saturated carbocycles. The molecule has 106 valence electrons. The number of rotatable bonds is 0. The van der Waals surface area contributed by atoms with Gasteiger partial charge < -0.3 is 15.4 Å². The van der Waals surface area contributed by atoms with Crippen molar-refractivity contribution in [3.8, 4) is 0 Å². The lowest BCUT2D eigenvalue weighted by Crippen LogP contribution is -2.48. The highest BCUT2D eigenvalue weighted by Gasteiger charge is 2.45. The molecule has 0 aliphatic carbocycles. The minimum atomic E-state index is -0.490. The number of likely N-dealkylation sites (tertiary alicyclic amines) is 1. The number of hydrogen-bond donors (Lipinski definition) is 1. The normalized spacial score (nSPS) is 22.6. The fraction of sp³-hybridized carbons (Fsp3) is 0.769. The largest absolute Gasteiger partial charge is 0.444 e. The van der Waals surface area contributed by atoms with Gasteiger partial charge in [-0.05, 0) is 33.6 Å². The van der Waals surface area contributed by atoms with Gasteiger partial charge in [0.05, 0.1) is 0 Å². The van der Waals surface area contributed by atoms with Crippen LogP contribution >= 0.6 is 0 Å². The van der Waals surface area contributed by atoms with Crippen LogP contribution in [0.5, 0.6) is 0 Å². The molecule has 0 unspecified atom stereocenters. The lowest BCUT2D eigenvalue weighted by molar-refractivity contribution is -0.118. The van der Waals surface area contributed by atoms with E-state index in [9.17, 15) is 9.59 Å². The Kier molecular flexibility index (Phi) is 3.28. The molecule has 6 nitrogen and oxygen atoms in total. The van der Waals surface area contributed by atoms with Gasteiger partial charge >= 0.3 is 6.09 Å². The Morgan fingerprint density at radius 3 is 2.37 bits per heavy atom. The summed E-state index contributed by atoms with van der Waals surface area (Å²) < 4.78 is 5.33. The molecule has 0 bridgehead atoms. The van der Waals surface area contributed by atoms with Crippen molar-refractivity contribution in [2.24, 2.45) is 16.1 Å². The Morgan fingerprint density at radius 1 is 1.37 bits per heavy atom. The Morgan fingerprint density at radius 2 is 1.95 bits per heavy atom. The van der Waals surface area contributed by atoms with Crippen LogP contribution in [0.4, 0.5) is 4.79 Å². The molecule has 19 heavy (non-hydrogen) atoms. The van der Waals surface area contributed by atoms with Crippen LogP contribution < -0.4 is 5.73 Å². The van der Waals surface area contributed by atoms with Crippen LogP contribution in [0.15, 0.2) is 4.99 Å². The summed E-state index contributed by atoms with van der Waals surface area (Å²) in [7, 11) is 0. The zero-order valence-corrected chi connectivity index (χ0v) is 11.7. The molecule has 1 spiro atoms. The molecule has 2 aliphatic rings. The molecule has 2 N–H and O–H groups in total. The molecule has 0 aromatic rings. The van der Waals surface area contributed by atoms with Crippen molar-refractivity contribution in [1.29, 1.82) is 0 Å². The predicted octanol–water partition coefficient (Wildman–Crippen LogP) is 1.29. The van der Waals surface area contributed by atoms with Gasteiger partial charge in [0, 0.05) is 24.9 Å². The van der Waals surface area contributed by atoms with Gasteiger partial charge in [-0.2, -0.15) is 0 Å². The van der Waals surface area contributed by atoms with Crippen LogP contribution in [0.1, 0.15) is 40.0 Å². The van der Waals surface area contributed by atoms with E-state index in [0.29, 0.717) is 38.2 Å². The smallest absolute Gasteiger partial charge is 0.410 e. The maximum absolute atomic E-state index is 11.9. The number of piperidine rings is 1. The zero-order valence-electron chi connectivity index (χ0n) is 11.7. The number of amides is 2. The van der Waals surface area contributed by atoms with E-state index in [1.165, 1.54) is 0 Å². The van der Waals surface area contributed by atoms with Gasteiger partial charge in [-0.3, -0.25) is 4.79 Å². The average molecular weight is 267 g/mol. The van der Waals surface area contributed by atoms with Gasteiger partial charge in [-0.15, -0.1) is 0 Å². The molecule has 0 aromatic carbocycles. The van der Waals surface area contributed by atoms with E-state index in [0.717, 1.165) is 0 Å². The third-order valence-electron chi connectivity index (χ3n) is 3.65. The highest BCUT2D eigenvalue weighted by Crippen LogP contribution is 2.39. The number of aliphatic imine (C=N–C) groups is 1. The van der Waals surface area contributed by atoms with Crippen LogP contribution in [0.3, 0.4) is 0 Å². The molecule has 6 heteroatoms. The van der Waals surface area contributed by atoms with E-state index in [4.69, 9.17) is 10.5 Å². The van der Waals surface area contributed by atoms with Crippen molar-refractivity contribution in [2.45, 2.75) is 45.6 Å². The van der Waals surface area contributed by atoms with Crippen LogP contribution in [0, 0.1) is 5.41 Å². The van der Waals surface area contributed by atoms with Crippen LogP contribution in [0.2, 0.25) is 0 Å². The van der Waals surface area contributed by atoms with E-state index in [-0.39, 0.29) is 17.4 Å². The summed E-state index contributed by atoms with van der Waals surface area (Å²) in [5.41, 5.74) is 5.04. The van der Waals surface area contributed by atoms with Gasteiger partial charge in [-0.25, -0.2) is 9.79 Å². The van der Waals surface area contributed by atoms with Crippen molar-refractivity contribution >= 4 is 17.8 Å². The van der Waals surface area contributed by atoms with Gasteiger partial charge in [0.25, 0.3) is 0 Å². The molecule has 2 heterocycles. The van der Waals surface area contributed by atoms with Crippen molar-refractivity contribution in [3.63, 3.8) is 0 Å². The first-order valence-corrected chi connectivity index (χ1v) is 6.57. The molecule has 2 aliphatic heterocycles. The molecule has 1 fully saturated rings.